The number of amides is 1. The number of hydrogen-bond donors (Lipinski definition) is 2. The molecular weight excluding hydrogens is 178 g/mol. The maximum Gasteiger partial charge on any atom is 0.221 e. The highest BCUT2D eigenvalue weighted by Gasteiger charge is 2.28. The van der Waals surface area contributed by atoms with E-state index < -0.39 is 0 Å². The molecule has 0 radical (unpaired) electrons. The third-order valence-electron chi connectivity index (χ3n) is 3.19. The minimum absolute atomic E-state index is 0.192. The molecule has 2 fully saturated rings. The Morgan fingerprint density at radius 2 is 2.36 bits per heavy atom. The van der Waals surface area contributed by atoms with E-state index in [0.717, 1.165) is 19.6 Å². The molecule has 4 heteroatoms. The summed E-state index contributed by atoms with van der Waals surface area (Å²) in [5.74, 6) is 0.192. The lowest BCUT2D eigenvalue weighted by molar-refractivity contribution is -0.120. The fourth-order valence-electron chi connectivity index (χ4n) is 2.33. The molecule has 1 amide bonds. The van der Waals surface area contributed by atoms with Gasteiger partial charge in [0.2, 0.25) is 5.91 Å². The highest BCUT2D eigenvalue weighted by Crippen LogP contribution is 2.15. The number of carbonyl (C=O) groups is 1. The second kappa shape index (κ2) is 4.28. The Labute approximate surface area is 85.0 Å². The van der Waals surface area contributed by atoms with Gasteiger partial charge >= 0.3 is 0 Å². The van der Waals surface area contributed by atoms with Crippen LogP contribution in [0.5, 0.6) is 0 Å². The van der Waals surface area contributed by atoms with Crippen LogP contribution in [0.2, 0.25) is 0 Å². The van der Waals surface area contributed by atoms with Crippen molar-refractivity contribution in [1.29, 1.82) is 0 Å². The minimum atomic E-state index is 0.192. The third-order valence-corrected chi connectivity index (χ3v) is 3.19. The summed E-state index contributed by atoms with van der Waals surface area (Å²) in [7, 11) is 0. The maximum absolute atomic E-state index is 11.2. The van der Waals surface area contributed by atoms with Crippen molar-refractivity contribution < 1.29 is 4.79 Å². The van der Waals surface area contributed by atoms with Crippen molar-refractivity contribution in [3.05, 3.63) is 0 Å². The maximum atomic E-state index is 11.2. The van der Waals surface area contributed by atoms with Crippen molar-refractivity contribution in [3.63, 3.8) is 0 Å². The Morgan fingerprint density at radius 1 is 1.50 bits per heavy atom. The molecule has 2 heterocycles. The second-order valence-corrected chi connectivity index (χ2v) is 4.25. The third kappa shape index (κ3) is 2.07. The second-order valence-electron chi connectivity index (χ2n) is 4.25. The van der Waals surface area contributed by atoms with Gasteiger partial charge in [-0.2, -0.15) is 0 Å². The summed E-state index contributed by atoms with van der Waals surface area (Å²) in [4.78, 5) is 13.7. The van der Waals surface area contributed by atoms with E-state index in [1.54, 1.807) is 0 Å². The zero-order chi connectivity index (χ0) is 9.97. The molecule has 2 aliphatic heterocycles. The standard InChI is InChI=1S/C10H19N3O/c1-8-7-12-10(14)4-6-13(8)9-3-2-5-11-9/h8-9,11H,2-7H2,1H3,(H,12,14). The van der Waals surface area contributed by atoms with Crippen LogP contribution in [0, 0.1) is 0 Å². The van der Waals surface area contributed by atoms with Gasteiger partial charge in [0.25, 0.3) is 0 Å². The predicted molar refractivity (Wildman–Crippen MR) is 54.8 cm³/mol. The lowest BCUT2D eigenvalue weighted by Crippen LogP contribution is -2.48. The van der Waals surface area contributed by atoms with Crippen LogP contribution < -0.4 is 10.6 Å². The van der Waals surface area contributed by atoms with E-state index >= 15 is 0 Å². The summed E-state index contributed by atoms with van der Waals surface area (Å²) < 4.78 is 0. The molecule has 0 aliphatic carbocycles. The number of hydrogen-bond acceptors (Lipinski definition) is 3. The first-order valence-corrected chi connectivity index (χ1v) is 5.53. The fourth-order valence-corrected chi connectivity index (χ4v) is 2.33. The Kier molecular flexibility index (Phi) is 3.03. The van der Waals surface area contributed by atoms with Crippen LogP contribution in [-0.4, -0.2) is 42.6 Å². The van der Waals surface area contributed by atoms with Crippen LogP contribution in [0.15, 0.2) is 0 Å². The van der Waals surface area contributed by atoms with Crippen LogP contribution in [-0.2, 0) is 4.79 Å². The molecule has 2 unspecified atom stereocenters. The summed E-state index contributed by atoms with van der Waals surface area (Å²) in [6, 6.07) is 0.456. The highest BCUT2D eigenvalue weighted by molar-refractivity contribution is 5.76. The number of carbonyl (C=O) groups excluding carboxylic acids is 1. The monoisotopic (exact) mass is 197 g/mol. The van der Waals surface area contributed by atoms with Gasteiger partial charge in [0, 0.05) is 25.6 Å². The van der Waals surface area contributed by atoms with E-state index in [2.05, 4.69) is 22.5 Å². The largest absolute Gasteiger partial charge is 0.355 e. The van der Waals surface area contributed by atoms with Crippen molar-refractivity contribution in [2.75, 3.05) is 19.6 Å². The minimum Gasteiger partial charge on any atom is -0.355 e. The fraction of sp³-hybridized carbons (Fsp3) is 0.900. The number of nitrogens with one attached hydrogen (secondary N) is 2. The molecule has 2 saturated heterocycles. The van der Waals surface area contributed by atoms with Crippen molar-refractivity contribution in [2.24, 2.45) is 0 Å². The van der Waals surface area contributed by atoms with E-state index in [0.29, 0.717) is 18.6 Å². The van der Waals surface area contributed by atoms with E-state index in [9.17, 15) is 4.79 Å². The topological polar surface area (TPSA) is 44.4 Å². The normalized spacial score (nSPS) is 35.4. The molecule has 0 bridgehead atoms. The smallest absolute Gasteiger partial charge is 0.221 e. The molecule has 2 atom stereocenters. The Balaban J connectivity index is 1.97. The van der Waals surface area contributed by atoms with Crippen LogP contribution in [0.4, 0.5) is 0 Å². The average molecular weight is 197 g/mol. The zero-order valence-corrected chi connectivity index (χ0v) is 8.75. The summed E-state index contributed by atoms with van der Waals surface area (Å²) in [5, 5.41) is 6.43. The molecular formula is C10H19N3O. The summed E-state index contributed by atoms with van der Waals surface area (Å²) in [5.41, 5.74) is 0. The van der Waals surface area contributed by atoms with Crippen LogP contribution >= 0.6 is 0 Å². The molecule has 4 nitrogen and oxygen atoms in total. The van der Waals surface area contributed by atoms with Crippen LogP contribution in [0.25, 0.3) is 0 Å². The van der Waals surface area contributed by atoms with E-state index in [1.807, 2.05) is 0 Å². The van der Waals surface area contributed by atoms with E-state index in [-0.39, 0.29) is 5.91 Å². The van der Waals surface area contributed by atoms with Gasteiger partial charge in [-0.3, -0.25) is 9.69 Å². The Hall–Kier alpha value is -0.610. The van der Waals surface area contributed by atoms with E-state index in [1.165, 1.54) is 12.8 Å². The summed E-state index contributed by atoms with van der Waals surface area (Å²) in [6.07, 6.45) is 3.62. The summed E-state index contributed by atoms with van der Waals surface area (Å²) in [6.45, 7) is 4.99. The highest BCUT2D eigenvalue weighted by atomic mass is 16.1. The van der Waals surface area contributed by atoms with Gasteiger partial charge < -0.3 is 10.6 Å². The van der Waals surface area contributed by atoms with Crippen LogP contribution in [0.3, 0.4) is 0 Å². The first-order valence-electron chi connectivity index (χ1n) is 5.53. The summed E-state index contributed by atoms with van der Waals surface area (Å²) >= 11 is 0. The molecule has 2 aliphatic rings. The SMILES string of the molecule is CC1CNC(=O)CCN1C1CCCN1. The van der Waals surface area contributed by atoms with Crippen molar-refractivity contribution >= 4 is 5.91 Å². The molecule has 0 aromatic carbocycles. The zero-order valence-electron chi connectivity index (χ0n) is 8.75. The van der Waals surface area contributed by atoms with Gasteiger partial charge in [0.15, 0.2) is 0 Å². The molecule has 0 aromatic heterocycles. The average Bonchev–Trinajstić information content (AvgIpc) is 2.63. The predicted octanol–water partition coefficient (Wildman–Crippen LogP) is -0.0937. The van der Waals surface area contributed by atoms with Gasteiger partial charge in [0.05, 0.1) is 6.17 Å². The van der Waals surface area contributed by atoms with Crippen molar-refractivity contribution in [2.45, 2.75) is 38.4 Å². The van der Waals surface area contributed by atoms with Gasteiger partial charge in [-0.05, 0) is 26.3 Å². The first kappa shape index (κ1) is 9.93. The molecule has 14 heavy (non-hydrogen) atoms. The van der Waals surface area contributed by atoms with Gasteiger partial charge in [-0.25, -0.2) is 0 Å². The van der Waals surface area contributed by atoms with Gasteiger partial charge in [-0.15, -0.1) is 0 Å². The Bertz CT molecular complexity index is 213. The molecule has 0 spiro atoms. The van der Waals surface area contributed by atoms with Gasteiger partial charge in [0.1, 0.15) is 0 Å². The molecule has 0 aromatic rings. The molecule has 2 rings (SSSR count). The molecule has 80 valence electrons. The lowest BCUT2D eigenvalue weighted by Gasteiger charge is -2.32. The Morgan fingerprint density at radius 3 is 3.07 bits per heavy atom. The first-order chi connectivity index (χ1) is 6.77. The van der Waals surface area contributed by atoms with E-state index in [4.69, 9.17) is 0 Å². The van der Waals surface area contributed by atoms with Crippen molar-refractivity contribution in [1.82, 2.24) is 15.5 Å². The van der Waals surface area contributed by atoms with Gasteiger partial charge in [-0.1, -0.05) is 0 Å². The van der Waals surface area contributed by atoms with Crippen LogP contribution in [0.1, 0.15) is 26.2 Å². The number of rotatable bonds is 1. The molecule has 2 N–H and O–H groups in total. The quantitative estimate of drug-likeness (QED) is 0.617. The molecule has 0 saturated carbocycles. The lowest BCUT2D eigenvalue weighted by atomic mass is 10.2. The number of nitrogens with zero attached hydrogens (tertiary/aromatic N) is 1. The van der Waals surface area contributed by atoms with Crippen molar-refractivity contribution in [3.8, 4) is 0 Å².